The van der Waals surface area contributed by atoms with Gasteiger partial charge < -0.3 is 19.7 Å². The second kappa shape index (κ2) is 22.5. The smallest absolute Gasteiger partial charge is 0.665 e. The molecule has 0 atom stereocenters. The molecule has 0 aliphatic carbocycles. The van der Waals surface area contributed by atoms with Crippen molar-refractivity contribution in [2.24, 2.45) is 0 Å². The molecule has 2 N–H and O–H groups in total. The van der Waals surface area contributed by atoms with Gasteiger partial charge in [-0.1, -0.05) is 12.5 Å². The number of hydrogen-bond acceptors (Lipinski definition) is 3. The third-order valence-corrected chi connectivity index (χ3v) is 0.471. The molecule has 5 heteroatoms. The van der Waals surface area contributed by atoms with Crippen LogP contribution >= 0.6 is 0 Å². The van der Waals surface area contributed by atoms with E-state index in [-0.39, 0.29) is 36.2 Å². The van der Waals surface area contributed by atoms with Crippen LogP contribution in [0.25, 0.3) is 0 Å². The molecular formula is C6H11NaO4. The van der Waals surface area contributed by atoms with Gasteiger partial charge in [0.15, 0.2) is 0 Å². The zero-order valence-electron chi connectivity index (χ0n) is 6.62. The average molecular weight is 170 g/mol. The number of ether oxygens (including phenoxy) is 1. The minimum absolute atomic E-state index is 0. The third-order valence-electron chi connectivity index (χ3n) is 0.471. The minimum Gasteiger partial charge on any atom is -0.665 e. The van der Waals surface area contributed by atoms with Gasteiger partial charge in [0.05, 0.1) is 19.8 Å². The van der Waals surface area contributed by atoms with E-state index in [1.54, 1.807) is 6.08 Å². The van der Waals surface area contributed by atoms with Crippen molar-refractivity contribution in [3.63, 3.8) is 0 Å². The van der Waals surface area contributed by atoms with Crippen LogP contribution < -0.4 is 29.6 Å². The van der Waals surface area contributed by atoms with E-state index < -0.39 is 0 Å². The standard InChI is InChI=1S/C5H10O2.CHO2.Na/c1-2-4-7-5-3-6;2-1-3;/h2,6H,1,3-5H2;(H,2,3);/q;-1;+1. The summed E-state index contributed by atoms with van der Waals surface area (Å²) in [5, 5.41) is 14.9. The van der Waals surface area contributed by atoms with E-state index in [1.807, 2.05) is 0 Å². The summed E-state index contributed by atoms with van der Waals surface area (Å²) in [5.41, 5.74) is 0. The fourth-order valence-corrected chi connectivity index (χ4v) is 0.231. The zero-order chi connectivity index (χ0) is 8.24. The second-order valence-electron chi connectivity index (χ2n) is 1.18. The molecule has 0 saturated heterocycles. The summed E-state index contributed by atoms with van der Waals surface area (Å²) in [4.78, 5) is 8.24. The van der Waals surface area contributed by atoms with Crippen molar-refractivity contribution in [2.45, 2.75) is 0 Å². The Morgan fingerprint density at radius 2 is 2.09 bits per heavy atom. The van der Waals surface area contributed by atoms with Gasteiger partial charge in [-0.3, -0.25) is 0 Å². The van der Waals surface area contributed by atoms with Gasteiger partial charge in [-0.2, -0.15) is 0 Å². The Labute approximate surface area is 88.2 Å². The molecule has 0 aromatic rings. The van der Waals surface area contributed by atoms with Crippen molar-refractivity contribution in [1.82, 2.24) is 0 Å². The van der Waals surface area contributed by atoms with Gasteiger partial charge in [0, 0.05) is 0 Å². The maximum atomic E-state index is 8.24. The fourth-order valence-electron chi connectivity index (χ4n) is 0.231. The van der Waals surface area contributed by atoms with Gasteiger partial charge in [0.25, 0.3) is 0 Å². The van der Waals surface area contributed by atoms with Gasteiger partial charge in [-0.25, -0.2) is 0 Å². The monoisotopic (exact) mass is 170 g/mol. The minimum atomic E-state index is 0. The van der Waals surface area contributed by atoms with Crippen LogP contribution in [0.15, 0.2) is 12.7 Å². The molecule has 0 aliphatic rings. The summed E-state index contributed by atoms with van der Waals surface area (Å²) >= 11 is 0. The second-order valence-corrected chi connectivity index (χ2v) is 1.18. The van der Waals surface area contributed by atoms with Crippen molar-refractivity contribution in [3.8, 4) is 0 Å². The normalized spacial score (nSPS) is 6.64. The van der Waals surface area contributed by atoms with E-state index >= 15 is 0 Å². The van der Waals surface area contributed by atoms with Crippen LogP contribution in [0.1, 0.15) is 0 Å². The van der Waals surface area contributed by atoms with Gasteiger partial charge in [-0.15, -0.1) is 6.58 Å². The number of aliphatic hydroxyl groups excluding tert-OH is 2. The maximum Gasteiger partial charge on any atom is 1.00 e. The van der Waals surface area contributed by atoms with Crippen molar-refractivity contribution in [3.05, 3.63) is 12.7 Å². The molecule has 0 aliphatic heterocycles. The van der Waals surface area contributed by atoms with Gasteiger partial charge in [0.1, 0.15) is 0 Å². The van der Waals surface area contributed by atoms with Crippen LogP contribution in [0.2, 0.25) is 0 Å². The van der Waals surface area contributed by atoms with Crippen LogP contribution in [0, 0.1) is 0 Å². The van der Waals surface area contributed by atoms with Crippen molar-refractivity contribution < 1.29 is 49.3 Å². The summed E-state index contributed by atoms with van der Waals surface area (Å²) in [6, 6.07) is 0. The molecule has 0 heterocycles. The molecule has 0 saturated carbocycles. The first kappa shape index (κ1) is 17.3. The number of aliphatic hydroxyl groups is 1. The number of rotatable bonds is 4. The molecule has 0 aromatic heterocycles. The van der Waals surface area contributed by atoms with Crippen LogP contribution in [0.5, 0.6) is 0 Å². The topological polar surface area (TPSA) is 66.8 Å². The first-order chi connectivity index (χ1) is 4.83. The Morgan fingerprint density at radius 3 is 2.36 bits per heavy atom. The van der Waals surface area contributed by atoms with Gasteiger partial charge >= 0.3 is 29.6 Å². The molecule has 0 aromatic carbocycles. The van der Waals surface area contributed by atoms with Crippen LogP contribution in [0.4, 0.5) is 0 Å². The van der Waals surface area contributed by atoms with E-state index in [0.717, 1.165) is 0 Å². The van der Waals surface area contributed by atoms with E-state index in [4.69, 9.17) is 19.7 Å². The Kier molecular flexibility index (Phi) is 35.3. The SMILES string of the molecule is C=CCOCCO.O=[C-]O.[Na+]. The van der Waals surface area contributed by atoms with Crippen LogP contribution in [-0.2, 0) is 9.53 Å². The van der Waals surface area contributed by atoms with E-state index in [1.165, 1.54) is 0 Å². The van der Waals surface area contributed by atoms with Crippen molar-refractivity contribution in [1.29, 1.82) is 0 Å². The maximum absolute atomic E-state index is 8.24. The molecule has 4 nitrogen and oxygen atoms in total. The van der Waals surface area contributed by atoms with Crippen molar-refractivity contribution in [2.75, 3.05) is 19.8 Å². The summed E-state index contributed by atoms with van der Waals surface area (Å²) in [5.74, 6) is 0. The van der Waals surface area contributed by atoms with Crippen LogP contribution in [-0.4, -0.2) is 36.5 Å². The molecule has 11 heavy (non-hydrogen) atoms. The first-order valence-electron chi connectivity index (χ1n) is 2.64. The van der Waals surface area contributed by atoms with E-state index in [0.29, 0.717) is 19.7 Å². The summed E-state index contributed by atoms with van der Waals surface area (Å²) in [6.07, 6.45) is 1.65. The Morgan fingerprint density at radius 1 is 1.64 bits per heavy atom. The third kappa shape index (κ3) is 39.3. The molecular weight excluding hydrogens is 159 g/mol. The van der Waals surface area contributed by atoms with Gasteiger partial charge in [0.2, 0.25) is 0 Å². The van der Waals surface area contributed by atoms with E-state index in [2.05, 4.69) is 6.58 Å². The van der Waals surface area contributed by atoms with Crippen molar-refractivity contribution >= 4 is 6.47 Å². The molecule has 0 amide bonds. The summed E-state index contributed by atoms with van der Waals surface area (Å²) in [7, 11) is 0. The molecule has 0 spiro atoms. The predicted molar refractivity (Wildman–Crippen MR) is 36.4 cm³/mol. The molecule has 0 rings (SSSR count). The Bertz CT molecular complexity index is 77.0. The molecule has 60 valence electrons. The Hall–Kier alpha value is 0.130. The summed E-state index contributed by atoms with van der Waals surface area (Å²) in [6.45, 7) is 4.95. The quantitative estimate of drug-likeness (QED) is 0.202. The van der Waals surface area contributed by atoms with Crippen LogP contribution in [0.3, 0.4) is 0 Å². The summed E-state index contributed by atoms with van der Waals surface area (Å²) < 4.78 is 4.76. The zero-order valence-corrected chi connectivity index (χ0v) is 8.62. The largest absolute Gasteiger partial charge is 1.00 e. The molecule has 0 bridgehead atoms. The first-order valence-corrected chi connectivity index (χ1v) is 2.64. The fraction of sp³-hybridized carbons (Fsp3) is 0.500. The van der Waals surface area contributed by atoms with E-state index in [9.17, 15) is 0 Å². The molecule has 0 radical (unpaired) electrons. The van der Waals surface area contributed by atoms with Gasteiger partial charge in [-0.05, 0) is 0 Å². The Balaban J connectivity index is -0.000000140. The molecule has 0 unspecified atom stereocenters. The number of hydrogen-bond donors (Lipinski definition) is 2. The predicted octanol–water partition coefficient (Wildman–Crippen LogP) is -3.20. The average Bonchev–Trinajstić information content (AvgIpc) is 1.91. The molecule has 0 fully saturated rings.